The highest BCUT2D eigenvalue weighted by atomic mass is 16.5. The first kappa shape index (κ1) is 22.8. The molecule has 1 atom stereocenters. The first-order valence-electron chi connectivity index (χ1n) is 11.6. The third-order valence-corrected chi connectivity index (χ3v) is 6.70. The Kier molecular flexibility index (Phi) is 7.27. The number of carboxylic acid groups (broad SMARTS) is 1. The molecular formula is C26H30N2O5. The molecule has 1 saturated carbocycles. The molecule has 0 aromatic heterocycles. The highest BCUT2D eigenvalue weighted by molar-refractivity contribution is 5.83. The summed E-state index contributed by atoms with van der Waals surface area (Å²) in [6.45, 7) is -0.0787. The molecule has 174 valence electrons. The maximum atomic E-state index is 12.4. The molecule has 0 saturated heterocycles. The topological polar surface area (TPSA) is 105 Å². The molecule has 0 bridgehead atoms. The quantitative estimate of drug-likeness (QED) is 0.562. The van der Waals surface area contributed by atoms with Gasteiger partial charge in [0, 0.05) is 12.0 Å². The average Bonchev–Trinajstić information content (AvgIpc) is 3.15. The van der Waals surface area contributed by atoms with Gasteiger partial charge >= 0.3 is 12.1 Å². The number of carbonyl (C=O) groups excluding carboxylic acids is 2. The standard InChI is InChI=1S/C26H30N2O5/c29-24(28-23(14-25(30)31)17-8-2-1-3-9-17)15-27-26(32)33-16-22-20-12-6-4-10-18(20)19-11-5-7-13-21(19)22/h4-7,10-13,17,22-23H,1-3,8-9,14-16H2,(H,27,32)(H,28,29)(H,30,31). The zero-order valence-corrected chi connectivity index (χ0v) is 18.6. The molecule has 0 spiro atoms. The van der Waals surface area contributed by atoms with E-state index in [9.17, 15) is 19.5 Å². The number of aliphatic carboxylic acids is 1. The lowest BCUT2D eigenvalue weighted by atomic mass is 9.82. The number of ether oxygens (including phenoxy) is 1. The fraction of sp³-hybridized carbons (Fsp3) is 0.423. The number of carboxylic acids is 1. The van der Waals surface area contributed by atoms with Gasteiger partial charge in [-0.2, -0.15) is 0 Å². The number of carbonyl (C=O) groups is 3. The van der Waals surface area contributed by atoms with Crippen LogP contribution in [0.2, 0.25) is 0 Å². The lowest BCUT2D eigenvalue weighted by Gasteiger charge is -2.30. The van der Waals surface area contributed by atoms with Crippen molar-refractivity contribution < 1.29 is 24.2 Å². The maximum Gasteiger partial charge on any atom is 0.407 e. The Bertz CT molecular complexity index is 970. The van der Waals surface area contributed by atoms with E-state index in [4.69, 9.17) is 4.74 Å². The lowest BCUT2D eigenvalue weighted by molar-refractivity contribution is -0.138. The Morgan fingerprint density at radius 1 is 0.939 bits per heavy atom. The minimum atomic E-state index is -0.935. The van der Waals surface area contributed by atoms with Gasteiger partial charge in [-0.15, -0.1) is 0 Å². The molecule has 1 unspecified atom stereocenters. The van der Waals surface area contributed by atoms with Crippen LogP contribution in [-0.4, -0.2) is 42.3 Å². The number of fused-ring (bicyclic) bond motifs is 3. The van der Waals surface area contributed by atoms with Crippen LogP contribution in [-0.2, 0) is 14.3 Å². The minimum absolute atomic E-state index is 0.0526. The van der Waals surface area contributed by atoms with Crippen molar-refractivity contribution in [2.45, 2.75) is 50.5 Å². The monoisotopic (exact) mass is 450 g/mol. The number of alkyl carbamates (subject to hydrolysis) is 1. The summed E-state index contributed by atoms with van der Waals surface area (Å²) in [5.41, 5.74) is 4.53. The number of rotatable bonds is 8. The van der Waals surface area contributed by atoms with E-state index in [2.05, 4.69) is 22.8 Å². The second-order valence-corrected chi connectivity index (χ2v) is 8.85. The molecule has 2 amide bonds. The van der Waals surface area contributed by atoms with Crippen LogP contribution in [0.4, 0.5) is 4.79 Å². The van der Waals surface area contributed by atoms with Gasteiger partial charge in [0.05, 0.1) is 6.42 Å². The van der Waals surface area contributed by atoms with Gasteiger partial charge in [0.25, 0.3) is 0 Å². The molecule has 7 nitrogen and oxygen atoms in total. The zero-order chi connectivity index (χ0) is 23.2. The summed E-state index contributed by atoms with van der Waals surface area (Å²) in [5, 5.41) is 14.5. The molecular weight excluding hydrogens is 420 g/mol. The highest BCUT2D eigenvalue weighted by Gasteiger charge is 2.30. The fourth-order valence-electron chi connectivity index (χ4n) is 5.12. The van der Waals surface area contributed by atoms with Crippen LogP contribution in [0.25, 0.3) is 11.1 Å². The van der Waals surface area contributed by atoms with E-state index in [1.807, 2.05) is 36.4 Å². The fourth-order valence-corrected chi connectivity index (χ4v) is 5.12. The Morgan fingerprint density at radius 3 is 2.15 bits per heavy atom. The van der Waals surface area contributed by atoms with Gasteiger partial charge in [0.1, 0.15) is 13.2 Å². The van der Waals surface area contributed by atoms with Crippen molar-refractivity contribution in [1.82, 2.24) is 10.6 Å². The summed E-state index contributed by atoms with van der Waals surface area (Å²) < 4.78 is 5.45. The highest BCUT2D eigenvalue weighted by Crippen LogP contribution is 2.44. The third kappa shape index (κ3) is 5.53. The molecule has 3 N–H and O–H groups in total. The summed E-state index contributed by atoms with van der Waals surface area (Å²) >= 11 is 0. The summed E-state index contributed by atoms with van der Waals surface area (Å²) in [4.78, 5) is 35.9. The summed E-state index contributed by atoms with van der Waals surface area (Å²) in [6.07, 6.45) is 4.30. The van der Waals surface area contributed by atoms with Gasteiger partial charge in [-0.3, -0.25) is 9.59 Å². The van der Waals surface area contributed by atoms with Crippen molar-refractivity contribution in [3.05, 3.63) is 59.7 Å². The van der Waals surface area contributed by atoms with Gasteiger partial charge < -0.3 is 20.5 Å². The number of nitrogens with one attached hydrogen (secondary N) is 2. The minimum Gasteiger partial charge on any atom is -0.481 e. The SMILES string of the molecule is O=C(O)CC(NC(=O)CNC(=O)OCC1c2ccccc2-c2ccccc21)C1CCCCC1. The van der Waals surface area contributed by atoms with Crippen LogP contribution in [0.1, 0.15) is 55.6 Å². The molecule has 1 fully saturated rings. The second-order valence-electron chi connectivity index (χ2n) is 8.85. The Balaban J connectivity index is 1.29. The summed E-state index contributed by atoms with van der Waals surface area (Å²) in [6, 6.07) is 15.7. The zero-order valence-electron chi connectivity index (χ0n) is 18.6. The average molecular weight is 451 g/mol. The van der Waals surface area contributed by atoms with Crippen LogP contribution in [0.15, 0.2) is 48.5 Å². The van der Waals surface area contributed by atoms with Gasteiger partial charge in [-0.25, -0.2) is 4.79 Å². The smallest absolute Gasteiger partial charge is 0.407 e. The molecule has 7 heteroatoms. The third-order valence-electron chi connectivity index (χ3n) is 6.70. The van der Waals surface area contributed by atoms with Crippen molar-refractivity contribution in [2.75, 3.05) is 13.2 Å². The molecule has 33 heavy (non-hydrogen) atoms. The normalized spacial score (nSPS) is 16.4. The van der Waals surface area contributed by atoms with Crippen molar-refractivity contribution in [2.24, 2.45) is 5.92 Å². The Morgan fingerprint density at radius 2 is 1.55 bits per heavy atom. The van der Waals surface area contributed by atoms with E-state index >= 15 is 0 Å². The molecule has 4 rings (SSSR count). The van der Waals surface area contributed by atoms with Crippen molar-refractivity contribution in [3.8, 4) is 11.1 Å². The van der Waals surface area contributed by atoms with Crippen molar-refractivity contribution in [1.29, 1.82) is 0 Å². The van der Waals surface area contributed by atoms with E-state index in [0.29, 0.717) is 0 Å². The number of benzene rings is 2. The second kappa shape index (κ2) is 10.5. The van der Waals surface area contributed by atoms with E-state index in [-0.39, 0.29) is 31.4 Å². The molecule has 2 aliphatic carbocycles. The van der Waals surface area contributed by atoms with Crippen molar-refractivity contribution >= 4 is 18.0 Å². The van der Waals surface area contributed by atoms with E-state index < -0.39 is 24.0 Å². The van der Waals surface area contributed by atoms with Crippen LogP contribution < -0.4 is 10.6 Å². The number of hydrogen-bond acceptors (Lipinski definition) is 4. The predicted molar refractivity (Wildman–Crippen MR) is 124 cm³/mol. The van der Waals surface area contributed by atoms with Gasteiger partial charge in [-0.05, 0) is 41.0 Å². The summed E-state index contributed by atoms with van der Waals surface area (Å²) in [5.74, 6) is -1.23. The Hall–Kier alpha value is -3.35. The van der Waals surface area contributed by atoms with Gasteiger partial charge in [0.15, 0.2) is 0 Å². The van der Waals surface area contributed by atoms with Crippen LogP contribution in [0, 0.1) is 5.92 Å². The first-order chi connectivity index (χ1) is 16.0. The van der Waals surface area contributed by atoms with E-state index in [0.717, 1.165) is 54.4 Å². The van der Waals surface area contributed by atoms with Crippen molar-refractivity contribution in [3.63, 3.8) is 0 Å². The van der Waals surface area contributed by atoms with Crippen LogP contribution in [0.3, 0.4) is 0 Å². The molecule has 2 aliphatic rings. The first-order valence-corrected chi connectivity index (χ1v) is 11.6. The number of amides is 2. The maximum absolute atomic E-state index is 12.4. The predicted octanol–water partition coefficient (Wildman–Crippen LogP) is 4.06. The van der Waals surface area contributed by atoms with E-state index in [1.165, 1.54) is 0 Å². The van der Waals surface area contributed by atoms with Crippen LogP contribution >= 0.6 is 0 Å². The largest absolute Gasteiger partial charge is 0.481 e. The summed E-state index contributed by atoms with van der Waals surface area (Å²) in [7, 11) is 0. The van der Waals surface area contributed by atoms with E-state index in [1.54, 1.807) is 0 Å². The van der Waals surface area contributed by atoms with Crippen LogP contribution in [0.5, 0.6) is 0 Å². The Labute approximate surface area is 193 Å². The molecule has 2 aromatic rings. The molecule has 0 heterocycles. The number of hydrogen-bond donors (Lipinski definition) is 3. The van der Waals surface area contributed by atoms with Gasteiger partial charge in [0.2, 0.25) is 5.91 Å². The van der Waals surface area contributed by atoms with Gasteiger partial charge in [-0.1, -0.05) is 67.8 Å². The molecule has 2 aromatic carbocycles. The molecule has 0 aliphatic heterocycles. The lowest BCUT2D eigenvalue weighted by Crippen LogP contribution is -2.46. The molecule has 0 radical (unpaired) electrons.